The molecule has 1 aliphatic heterocycles. The summed E-state index contributed by atoms with van der Waals surface area (Å²) in [5.41, 5.74) is 3.51. The number of carbonyl (C=O) groups is 2. The molecule has 0 saturated carbocycles. The Labute approximate surface area is 177 Å². The van der Waals surface area contributed by atoms with Crippen molar-refractivity contribution in [3.8, 4) is 0 Å². The first-order valence-electron chi connectivity index (χ1n) is 10.7. The van der Waals surface area contributed by atoms with E-state index in [1.165, 1.54) is 5.56 Å². The lowest BCUT2D eigenvalue weighted by Crippen LogP contribution is -2.41. The first kappa shape index (κ1) is 20.2. The fourth-order valence-electron chi connectivity index (χ4n) is 4.21. The first-order valence-corrected chi connectivity index (χ1v) is 10.7. The topological polar surface area (TPSA) is 62.4 Å². The summed E-state index contributed by atoms with van der Waals surface area (Å²) < 4.78 is 5.25. The molecule has 30 heavy (non-hydrogen) atoms. The fraction of sp³-hybridized carbons (Fsp3) is 0.360. The monoisotopic (exact) mass is 404 g/mol. The second-order valence-electron chi connectivity index (χ2n) is 8.03. The lowest BCUT2D eigenvalue weighted by molar-refractivity contribution is -0.152. The van der Waals surface area contributed by atoms with Crippen LogP contribution in [0, 0.1) is 5.92 Å². The molecule has 156 valence electrons. The Morgan fingerprint density at radius 2 is 1.73 bits per heavy atom. The Bertz CT molecular complexity index is 988. The number of nitrogens with one attached hydrogen (secondary N) is 1. The second-order valence-corrected chi connectivity index (χ2v) is 8.03. The molecule has 2 heterocycles. The van der Waals surface area contributed by atoms with E-state index in [2.05, 4.69) is 29.2 Å². The molecule has 1 aromatic heterocycles. The zero-order valence-electron chi connectivity index (χ0n) is 17.2. The summed E-state index contributed by atoms with van der Waals surface area (Å²) in [6.07, 6.45) is 5.86. The SMILES string of the molecule is O=C(CCc1c[nH]c2ccccc12)OCC(=O)N1CCC(Cc2ccccc2)CC1. The van der Waals surface area contributed by atoms with Gasteiger partial charge < -0.3 is 14.6 Å². The van der Waals surface area contributed by atoms with Crippen molar-refractivity contribution in [2.24, 2.45) is 5.92 Å². The van der Waals surface area contributed by atoms with Crippen LogP contribution in [-0.2, 0) is 27.2 Å². The summed E-state index contributed by atoms with van der Waals surface area (Å²) in [6, 6.07) is 18.5. The molecule has 1 saturated heterocycles. The van der Waals surface area contributed by atoms with Crippen LogP contribution in [0.5, 0.6) is 0 Å². The Morgan fingerprint density at radius 1 is 1.00 bits per heavy atom. The van der Waals surface area contributed by atoms with Crippen molar-refractivity contribution in [1.29, 1.82) is 0 Å². The Hall–Kier alpha value is -3.08. The van der Waals surface area contributed by atoms with Gasteiger partial charge in [0.15, 0.2) is 6.61 Å². The number of hydrogen-bond acceptors (Lipinski definition) is 3. The minimum Gasteiger partial charge on any atom is -0.456 e. The Morgan fingerprint density at radius 3 is 2.53 bits per heavy atom. The summed E-state index contributed by atoms with van der Waals surface area (Å²) in [6.45, 7) is 1.32. The largest absolute Gasteiger partial charge is 0.456 e. The predicted molar refractivity (Wildman–Crippen MR) is 117 cm³/mol. The van der Waals surface area contributed by atoms with Crippen LogP contribution in [-0.4, -0.2) is 41.5 Å². The van der Waals surface area contributed by atoms with Crippen LogP contribution in [0.25, 0.3) is 10.9 Å². The van der Waals surface area contributed by atoms with Crippen molar-refractivity contribution in [3.05, 3.63) is 71.9 Å². The highest BCUT2D eigenvalue weighted by atomic mass is 16.5. The molecule has 1 amide bonds. The quantitative estimate of drug-likeness (QED) is 0.603. The number of piperidine rings is 1. The number of hydrogen-bond donors (Lipinski definition) is 1. The van der Waals surface area contributed by atoms with Gasteiger partial charge in [0.1, 0.15) is 0 Å². The van der Waals surface area contributed by atoms with E-state index in [9.17, 15) is 9.59 Å². The van der Waals surface area contributed by atoms with Gasteiger partial charge in [-0.3, -0.25) is 9.59 Å². The molecular formula is C25H28N2O3. The van der Waals surface area contributed by atoms with Crippen molar-refractivity contribution in [3.63, 3.8) is 0 Å². The second kappa shape index (κ2) is 9.61. The van der Waals surface area contributed by atoms with E-state index in [0.717, 1.165) is 48.8 Å². The number of benzene rings is 2. The summed E-state index contributed by atoms with van der Waals surface area (Å²) in [4.78, 5) is 29.6. The summed E-state index contributed by atoms with van der Waals surface area (Å²) >= 11 is 0. The van der Waals surface area contributed by atoms with Crippen molar-refractivity contribution in [1.82, 2.24) is 9.88 Å². The number of aromatic nitrogens is 1. The number of rotatable bonds is 7. The van der Waals surface area contributed by atoms with Gasteiger partial charge in [0, 0.05) is 36.6 Å². The number of esters is 1. The van der Waals surface area contributed by atoms with Gasteiger partial charge >= 0.3 is 5.97 Å². The van der Waals surface area contributed by atoms with E-state index in [0.29, 0.717) is 12.3 Å². The van der Waals surface area contributed by atoms with Crippen molar-refractivity contribution >= 4 is 22.8 Å². The molecule has 1 aliphatic rings. The number of ether oxygens (including phenoxy) is 1. The van der Waals surface area contributed by atoms with Crippen molar-refractivity contribution < 1.29 is 14.3 Å². The number of aromatic amines is 1. The number of amides is 1. The molecule has 5 nitrogen and oxygen atoms in total. The molecule has 1 fully saturated rings. The number of aryl methyl sites for hydroxylation is 1. The Balaban J connectivity index is 1.17. The third kappa shape index (κ3) is 5.09. The van der Waals surface area contributed by atoms with Crippen molar-refractivity contribution in [2.45, 2.75) is 32.1 Å². The minimum absolute atomic E-state index is 0.0893. The normalized spacial score (nSPS) is 14.7. The highest BCUT2D eigenvalue weighted by molar-refractivity contribution is 5.84. The number of carbonyl (C=O) groups excluding carboxylic acids is 2. The van der Waals surface area contributed by atoms with Gasteiger partial charge in [-0.2, -0.15) is 0 Å². The molecule has 0 spiro atoms. The molecule has 2 aromatic carbocycles. The molecule has 0 unspecified atom stereocenters. The molecule has 3 aromatic rings. The van der Waals surface area contributed by atoms with E-state index < -0.39 is 0 Å². The number of H-pyrrole nitrogens is 1. The maximum absolute atomic E-state index is 12.4. The summed E-state index contributed by atoms with van der Waals surface area (Å²) in [5.74, 6) is 0.191. The molecule has 4 rings (SSSR count). The zero-order valence-corrected chi connectivity index (χ0v) is 17.2. The highest BCUT2D eigenvalue weighted by Gasteiger charge is 2.23. The van der Waals surface area contributed by atoms with E-state index in [4.69, 9.17) is 4.74 Å². The summed E-state index contributed by atoms with van der Waals surface area (Å²) in [5, 5.41) is 1.12. The van der Waals surface area contributed by atoms with Gasteiger partial charge in [0.05, 0.1) is 0 Å². The molecule has 5 heteroatoms. The smallest absolute Gasteiger partial charge is 0.306 e. The van der Waals surface area contributed by atoms with Crippen LogP contribution < -0.4 is 0 Å². The van der Waals surface area contributed by atoms with E-state index in [-0.39, 0.29) is 24.9 Å². The highest BCUT2D eigenvalue weighted by Crippen LogP contribution is 2.22. The Kier molecular flexibility index (Phi) is 6.47. The average molecular weight is 405 g/mol. The lowest BCUT2D eigenvalue weighted by Gasteiger charge is -2.32. The summed E-state index contributed by atoms with van der Waals surface area (Å²) in [7, 11) is 0. The fourth-order valence-corrected chi connectivity index (χ4v) is 4.21. The van der Waals surface area contributed by atoms with Crippen LogP contribution >= 0.6 is 0 Å². The lowest BCUT2D eigenvalue weighted by atomic mass is 9.90. The zero-order chi connectivity index (χ0) is 20.8. The van der Waals surface area contributed by atoms with E-state index in [1.807, 2.05) is 41.4 Å². The number of para-hydroxylation sites is 1. The number of likely N-dealkylation sites (tertiary alicyclic amines) is 1. The maximum atomic E-state index is 12.4. The standard InChI is InChI=1S/C25H28N2O3/c28-24(27-14-12-20(13-15-27)16-19-6-2-1-3-7-19)18-30-25(29)11-10-21-17-26-23-9-5-4-8-22(21)23/h1-9,17,20,26H,10-16,18H2. The van der Waals surface area contributed by atoms with Crippen LogP contribution in [0.4, 0.5) is 0 Å². The van der Waals surface area contributed by atoms with Crippen molar-refractivity contribution in [2.75, 3.05) is 19.7 Å². The maximum Gasteiger partial charge on any atom is 0.306 e. The molecule has 1 N–H and O–H groups in total. The van der Waals surface area contributed by atoms with Crippen LogP contribution in [0.1, 0.15) is 30.4 Å². The molecule has 0 aliphatic carbocycles. The van der Waals surface area contributed by atoms with E-state index in [1.54, 1.807) is 0 Å². The third-order valence-corrected chi connectivity index (χ3v) is 5.96. The van der Waals surface area contributed by atoms with Gasteiger partial charge in [-0.25, -0.2) is 0 Å². The minimum atomic E-state index is -0.326. The molecule has 0 atom stereocenters. The molecule has 0 radical (unpaired) electrons. The van der Waals surface area contributed by atoms with Gasteiger partial charge in [0.2, 0.25) is 0 Å². The predicted octanol–water partition coefficient (Wildman–Crippen LogP) is 4.13. The van der Waals surface area contributed by atoms with Gasteiger partial charge in [0.25, 0.3) is 5.91 Å². The van der Waals surface area contributed by atoms with Crippen LogP contribution in [0.3, 0.4) is 0 Å². The number of nitrogens with zero attached hydrogens (tertiary/aromatic N) is 1. The van der Waals surface area contributed by atoms with Gasteiger partial charge in [-0.05, 0) is 48.8 Å². The van der Waals surface area contributed by atoms with Crippen LogP contribution in [0.15, 0.2) is 60.8 Å². The molecule has 0 bridgehead atoms. The van der Waals surface area contributed by atoms with E-state index >= 15 is 0 Å². The number of fused-ring (bicyclic) bond motifs is 1. The molecular weight excluding hydrogens is 376 g/mol. The van der Waals surface area contributed by atoms with Crippen LogP contribution in [0.2, 0.25) is 0 Å². The van der Waals surface area contributed by atoms with Gasteiger partial charge in [-0.1, -0.05) is 48.5 Å². The van der Waals surface area contributed by atoms with Gasteiger partial charge in [-0.15, -0.1) is 0 Å². The first-order chi connectivity index (χ1) is 14.7. The average Bonchev–Trinajstić information content (AvgIpc) is 3.20. The third-order valence-electron chi connectivity index (χ3n) is 5.96.